The van der Waals surface area contributed by atoms with Crippen molar-refractivity contribution in [2.24, 2.45) is 11.8 Å². The summed E-state index contributed by atoms with van der Waals surface area (Å²) < 4.78 is 11.6. The SMILES string of the molecule is CCCCCCCCC(CCCCCC)COC(=O)CCCCCN(C(=O)CCCCCCCN(C)CCCCCCCC(=O)N(CCCCCC(=O)OCC(CCCCCC)CCCCCCCC)C(C)C)C(C)C. The number of carbonyl (C=O) groups is 4. The minimum Gasteiger partial charge on any atom is -0.465 e. The van der Waals surface area contributed by atoms with Crippen molar-refractivity contribution in [1.29, 1.82) is 0 Å². The Morgan fingerprint density at radius 1 is 0.316 bits per heavy atom. The largest absolute Gasteiger partial charge is 0.465 e. The number of nitrogens with zero attached hydrogens (tertiary/aromatic N) is 3. The highest BCUT2D eigenvalue weighted by molar-refractivity contribution is 5.76. The van der Waals surface area contributed by atoms with Gasteiger partial charge in [0.2, 0.25) is 11.8 Å². The Balaban J connectivity index is 4.14. The lowest BCUT2D eigenvalue weighted by atomic mass is 9.95. The van der Waals surface area contributed by atoms with Crippen molar-refractivity contribution in [3.05, 3.63) is 0 Å². The van der Waals surface area contributed by atoms with E-state index in [2.05, 4.69) is 67.3 Å². The molecule has 2 amide bonds. The van der Waals surface area contributed by atoms with Gasteiger partial charge in [-0.3, -0.25) is 19.2 Å². The maximum atomic E-state index is 13.2. The van der Waals surface area contributed by atoms with Crippen LogP contribution in [0.2, 0.25) is 0 Å². The monoisotopic (exact) mass is 1070 g/mol. The maximum Gasteiger partial charge on any atom is 0.305 e. The molecule has 0 heterocycles. The van der Waals surface area contributed by atoms with Gasteiger partial charge in [0.25, 0.3) is 0 Å². The van der Waals surface area contributed by atoms with Gasteiger partial charge in [0.15, 0.2) is 0 Å². The Kier molecular flexibility index (Phi) is 53.2. The highest BCUT2D eigenvalue weighted by Crippen LogP contribution is 2.22. The molecule has 0 aromatic carbocycles. The van der Waals surface area contributed by atoms with Crippen LogP contribution >= 0.6 is 0 Å². The molecule has 0 saturated carbocycles. The van der Waals surface area contributed by atoms with Crippen LogP contribution in [0.4, 0.5) is 0 Å². The second-order valence-corrected chi connectivity index (χ2v) is 24.2. The average molecular weight is 1070 g/mol. The molecule has 0 bridgehead atoms. The lowest BCUT2D eigenvalue weighted by Crippen LogP contribution is -2.37. The van der Waals surface area contributed by atoms with Crippen LogP contribution in [0.1, 0.15) is 338 Å². The number of esters is 2. The van der Waals surface area contributed by atoms with Crippen molar-refractivity contribution in [3.63, 3.8) is 0 Å². The first-order chi connectivity index (χ1) is 36.9. The van der Waals surface area contributed by atoms with Crippen LogP contribution in [0, 0.1) is 11.8 Å². The topological polar surface area (TPSA) is 96.5 Å². The van der Waals surface area contributed by atoms with Gasteiger partial charge in [0, 0.05) is 50.9 Å². The summed E-state index contributed by atoms with van der Waals surface area (Å²) in [5, 5.41) is 0. The summed E-state index contributed by atoms with van der Waals surface area (Å²) in [6, 6.07) is 0.397. The standard InChI is InChI=1S/C67H131N3O6/c1-10-14-18-22-26-36-48-62(46-34-20-16-12-3)58-75-66(73)52-40-32-44-56-69(60(5)6)64(71)50-38-28-24-30-42-54-68(9)55-43-31-25-29-39-51-65(72)70(61(7)8)57-45-33-41-53-67(74)76-59-63(47-35-21-17-13-4)49-37-27-23-19-15-11-2/h60-63H,10-59H2,1-9H3. The fourth-order valence-corrected chi connectivity index (χ4v) is 10.9. The molecule has 2 unspecified atom stereocenters. The third-order valence-electron chi connectivity index (χ3n) is 16.1. The van der Waals surface area contributed by atoms with Crippen LogP contribution in [0.15, 0.2) is 0 Å². The lowest BCUT2D eigenvalue weighted by molar-refractivity contribution is -0.146. The molecule has 0 fully saturated rings. The molecule has 0 N–H and O–H groups in total. The van der Waals surface area contributed by atoms with E-state index in [9.17, 15) is 19.2 Å². The second-order valence-electron chi connectivity index (χ2n) is 24.2. The molecule has 0 aliphatic carbocycles. The molecule has 0 saturated heterocycles. The van der Waals surface area contributed by atoms with Crippen LogP contribution in [0.3, 0.4) is 0 Å². The summed E-state index contributed by atoms with van der Waals surface area (Å²) in [5.74, 6) is 1.46. The van der Waals surface area contributed by atoms with Gasteiger partial charge in [-0.15, -0.1) is 0 Å². The molecule has 0 rings (SSSR count). The summed E-state index contributed by atoms with van der Waals surface area (Å²) >= 11 is 0. The van der Waals surface area contributed by atoms with E-state index in [1.807, 2.05) is 9.80 Å². The number of amides is 2. The van der Waals surface area contributed by atoms with Crippen LogP contribution in [-0.4, -0.2) is 97.0 Å². The summed E-state index contributed by atoms with van der Waals surface area (Å²) in [7, 11) is 2.24. The minimum absolute atomic E-state index is 0.0479. The second kappa shape index (κ2) is 54.8. The fraction of sp³-hybridized carbons (Fsp3) is 0.940. The van der Waals surface area contributed by atoms with Crippen LogP contribution in [0.25, 0.3) is 0 Å². The highest BCUT2D eigenvalue weighted by atomic mass is 16.5. The Morgan fingerprint density at radius 2 is 0.566 bits per heavy atom. The van der Waals surface area contributed by atoms with Crippen molar-refractivity contribution in [2.75, 3.05) is 46.4 Å². The first-order valence-corrected chi connectivity index (χ1v) is 33.5. The van der Waals surface area contributed by atoms with Crippen molar-refractivity contribution >= 4 is 23.8 Å². The van der Waals surface area contributed by atoms with E-state index in [-0.39, 0.29) is 35.8 Å². The maximum absolute atomic E-state index is 13.2. The number of rotatable bonds is 58. The lowest BCUT2D eigenvalue weighted by Gasteiger charge is -2.27. The molecule has 0 aliphatic rings. The third kappa shape index (κ3) is 46.7. The van der Waals surface area contributed by atoms with Crippen molar-refractivity contribution < 1.29 is 28.7 Å². The van der Waals surface area contributed by atoms with E-state index in [1.54, 1.807) is 0 Å². The molecule has 0 spiro atoms. The van der Waals surface area contributed by atoms with Gasteiger partial charge >= 0.3 is 11.9 Å². The van der Waals surface area contributed by atoms with Crippen molar-refractivity contribution in [1.82, 2.24) is 14.7 Å². The van der Waals surface area contributed by atoms with E-state index >= 15 is 0 Å². The van der Waals surface area contributed by atoms with Gasteiger partial charge in [-0.2, -0.15) is 0 Å². The Hall–Kier alpha value is -2.16. The third-order valence-corrected chi connectivity index (χ3v) is 16.1. The summed E-state index contributed by atoms with van der Waals surface area (Å²) in [6.45, 7) is 22.5. The fourth-order valence-electron chi connectivity index (χ4n) is 10.9. The molecule has 2 atom stereocenters. The van der Waals surface area contributed by atoms with Gasteiger partial charge in [-0.1, -0.05) is 207 Å². The smallest absolute Gasteiger partial charge is 0.305 e. The number of carbonyl (C=O) groups excluding carboxylic acids is 4. The van der Waals surface area contributed by atoms with Gasteiger partial charge in [-0.05, 0) is 137 Å². The number of hydrogen-bond donors (Lipinski definition) is 0. The van der Waals surface area contributed by atoms with Crippen molar-refractivity contribution in [2.45, 2.75) is 350 Å². The van der Waals surface area contributed by atoms with Crippen LogP contribution in [0.5, 0.6) is 0 Å². The average Bonchev–Trinajstić information content (AvgIpc) is 3.39. The van der Waals surface area contributed by atoms with Gasteiger partial charge in [0.1, 0.15) is 0 Å². The number of ether oxygens (including phenoxy) is 2. The molecule has 0 aromatic rings. The predicted octanol–water partition coefficient (Wildman–Crippen LogP) is 19.0. The molecule has 0 radical (unpaired) electrons. The van der Waals surface area contributed by atoms with E-state index in [1.165, 1.54) is 193 Å². The molecule has 0 aliphatic heterocycles. The Morgan fingerprint density at radius 3 is 0.895 bits per heavy atom. The van der Waals surface area contributed by atoms with E-state index < -0.39 is 0 Å². The molecule has 0 aromatic heterocycles. The molecule has 76 heavy (non-hydrogen) atoms. The van der Waals surface area contributed by atoms with Crippen LogP contribution in [-0.2, 0) is 28.7 Å². The highest BCUT2D eigenvalue weighted by Gasteiger charge is 2.19. The van der Waals surface area contributed by atoms with E-state index in [0.29, 0.717) is 50.7 Å². The number of unbranched alkanes of at least 4 members (excludes halogenated alkanes) is 28. The van der Waals surface area contributed by atoms with Crippen LogP contribution < -0.4 is 0 Å². The van der Waals surface area contributed by atoms with E-state index in [4.69, 9.17) is 9.47 Å². The molecular formula is C67H131N3O6. The van der Waals surface area contributed by atoms with E-state index in [0.717, 1.165) is 90.4 Å². The molecule has 450 valence electrons. The molecular weight excluding hydrogens is 943 g/mol. The zero-order chi connectivity index (χ0) is 56.1. The first kappa shape index (κ1) is 73.8. The van der Waals surface area contributed by atoms with Gasteiger partial charge in [0.05, 0.1) is 13.2 Å². The molecule has 9 heteroatoms. The summed E-state index contributed by atoms with van der Waals surface area (Å²) in [4.78, 5) is 58.2. The predicted molar refractivity (Wildman–Crippen MR) is 326 cm³/mol. The summed E-state index contributed by atoms with van der Waals surface area (Å²) in [6.07, 6.45) is 49.6. The quantitative estimate of drug-likeness (QED) is 0.0442. The zero-order valence-electron chi connectivity index (χ0n) is 52.5. The Bertz CT molecular complexity index is 1210. The van der Waals surface area contributed by atoms with Gasteiger partial charge < -0.3 is 24.2 Å². The van der Waals surface area contributed by atoms with Gasteiger partial charge in [-0.25, -0.2) is 0 Å². The number of hydrogen-bond acceptors (Lipinski definition) is 7. The first-order valence-electron chi connectivity index (χ1n) is 33.5. The Labute approximate surface area is 473 Å². The normalized spacial score (nSPS) is 12.5. The zero-order valence-corrected chi connectivity index (χ0v) is 52.5. The summed E-state index contributed by atoms with van der Waals surface area (Å²) in [5.41, 5.74) is 0. The minimum atomic E-state index is -0.0479. The molecule has 9 nitrogen and oxygen atoms in total. The van der Waals surface area contributed by atoms with Crippen molar-refractivity contribution in [3.8, 4) is 0 Å².